The lowest BCUT2D eigenvalue weighted by atomic mass is 9.90. The SMILES string of the molecule is Nc1cccc(/C=C/C(=O)NC2(C(=O)O)CCOCC2)c1. The van der Waals surface area contributed by atoms with Gasteiger partial charge in [-0.3, -0.25) is 4.79 Å². The number of aliphatic carboxylic acids is 1. The van der Waals surface area contributed by atoms with Gasteiger partial charge in [0.1, 0.15) is 5.54 Å². The van der Waals surface area contributed by atoms with Crippen molar-refractivity contribution in [2.75, 3.05) is 18.9 Å². The zero-order valence-corrected chi connectivity index (χ0v) is 11.5. The number of carboxylic acids is 1. The number of nitrogens with two attached hydrogens (primary N) is 1. The predicted molar refractivity (Wildman–Crippen MR) is 78.5 cm³/mol. The first-order valence-corrected chi connectivity index (χ1v) is 6.69. The van der Waals surface area contributed by atoms with Crippen molar-refractivity contribution in [3.8, 4) is 0 Å². The molecule has 21 heavy (non-hydrogen) atoms. The molecule has 0 bridgehead atoms. The van der Waals surface area contributed by atoms with E-state index < -0.39 is 17.4 Å². The molecule has 2 rings (SSSR count). The average molecular weight is 290 g/mol. The van der Waals surface area contributed by atoms with Gasteiger partial charge in [0.15, 0.2) is 0 Å². The van der Waals surface area contributed by atoms with Crippen LogP contribution in [-0.4, -0.2) is 35.7 Å². The van der Waals surface area contributed by atoms with Crippen LogP contribution in [0.4, 0.5) is 5.69 Å². The molecular weight excluding hydrogens is 272 g/mol. The minimum atomic E-state index is -1.24. The maximum absolute atomic E-state index is 11.9. The monoisotopic (exact) mass is 290 g/mol. The van der Waals surface area contributed by atoms with Gasteiger partial charge in [-0.25, -0.2) is 4.79 Å². The number of hydrogen-bond donors (Lipinski definition) is 3. The summed E-state index contributed by atoms with van der Waals surface area (Å²) in [6.07, 6.45) is 3.44. The van der Waals surface area contributed by atoms with Gasteiger partial charge in [0.05, 0.1) is 0 Å². The largest absolute Gasteiger partial charge is 0.480 e. The molecule has 1 aliphatic rings. The van der Waals surface area contributed by atoms with Crippen LogP contribution in [0.2, 0.25) is 0 Å². The molecular formula is C15H18N2O4. The van der Waals surface area contributed by atoms with Crippen molar-refractivity contribution >= 4 is 23.6 Å². The van der Waals surface area contributed by atoms with Crippen molar-refractivity contribution in [2.45, 2.75) is 18.4 Å². The first-order valence-electron chi connectivity index (χ1n) is 6.69. The van der Waals surface area contributed by atoms with Gasteiger partial charge < -0.3 is 20.9 Å². The van der Waals surface area contributed by atoms with Crippen molar-refractivity contribution in [2.24, 2.45) is 0 Å². The van der Waals surface area contributed by atoms with Crippen LogP contribution in [0.5, 0.6) is 0 Å². The van der Waals surface area contributed by atoms with Crippen molar-refractivity contribution in [3.05, 3.63) is 35.9 Å². The van der Waals surface area contributed by atoms with E-state index in [1.807, 2.05) is 6.07 Å². The van der Waals surface area contributed by atoms with Crippen LogP contribution >= 0.6 is 0 Å². The van der Waals surface area contributed by atoms with E-state index in [1.165, 1.54) is 6.08 Å². The third-order valence-corrected chi connectivity index (χ3v) is 3.46. The summed E-state index contributed by atoms with van der Waals surface area (Å²) in [7, 11) is 0. The summed E-state index contributed by atoms with van der Waals surface area (Å²) in [5.74, 6) is -1.47. The maximum atomic E-state index is 11.9. The minimum absolute atomic E-state index is 0.264. The number of benzene rings is 1. The first-order chi connectivity index (χ1) is 10.0. The molecule has 1 aromatic carbocycles. The second-order valence-corrected chi connectivity index (χ2v) is 4.99. The van der Waals surface area contributed by atoms with Gasteiger partial charge >= 0.3 is 5.97 Å². The molecule has 0 unspecified atom stereocenters. The lowest BCUT2D eigenvalue weighted by Gasteiger charge is -2.33. The van der Waals surface area contributed by atoms with Gasteiger partial charge in [-0.2, -0.15) is 0 Å². The molecule has 0 aliphatic carbocycles. The van der Waals surface area contributed by atoms with Crippen LogP contribution < -0.4 is 11.1 Å². The van der Waals surface area contributed by atoms with E-state index in [0.717, 1.165) is 5.56 Å². The maximum Gasteiger partial charge on any atom is 0.329 e. The minimum Gasteiger partial charge on any atom is -0.480 e. The molecule has 1 saturated heterocycles. The number of carbonyl (C=O) groups is 2. The highest BCUT2D eigenvalue weighted by atomic mass is 16.5. The van der Waals surface area contributed by atoms with Crippen molar-refractivity contribution in [1.29, 1.82) is 0 Å². The average Bonchev–Trinajstić information content (AvgIpc) is 2.46. The van der Waals surface area contributed by atoms with Crippen LogP contribution in [0.15, 0.2) is 30.3 Å². The summed E-state index contributed by atoms with van der Waals surface area (Å²) in [5.41, 5.74) is 5.79. The van der Waals surface area contributed by atoms with Crippen LogP contribution in [0.3, 0.4) is 0 Å². The smallest absolute Gasteiger partial charge is 0.329 e. The standard InChI is InChI=1S/C15H18N2O4/c16-12-3-1-2-11(10-12)4-5-13(18)17-15(14(19)20)6-8-21-9-7-15/h1-5,10H,6-9,16H2,(H,17,18)(H,19,20)/b5-4+. The fourth-order valence-corrected chi connectivity index (χ4v) is 2.22. The molecule has 1 amide bonds. The molecule has 0 spiro atoms. The van der Waals surface area contributed by atoms with E-state index in [-0.39, 0.29) is 12.8 Å². The van der Waals surface area contributed by atoms with E-state index in [9.17, 15) is 14.7 Å². The van der Waals surface area contributed by atoms with Crippen molar-refractivity contribution < 1.29 is 19.4 Å². The number of carbonyl (C=O) groups excluding carboxylic acids is 1. The van der Waals surface area contributed by atoms with E-state index in [1.54, 1.807) is 24.3 Å². The van der Waals surface area contributed by atoms with Crippen molar-refractivity contribution in [3.63, 3.8) is 0 Å². The number of hydrogen-bond acceptors (Lipinski definition) is 4. The molecule has 1 aromatic rings. The van der Waals surface area contributed by atoms with E-state index in [4.69, 9.17) is 10.5 Å². The Morgan fingerprint density at radius 2 is 2.05 bits per heavy atom. The first kappa shape index (κ1) is 15.1. The number of nitrogens with one attached hydrogen (secondary N) is 1. The number of nitrogen functional groups attached to an aromatic ring is 1. The molecule has 0 saturated carbocycles. The molecule has 6 heteroatoms. The zero-order valence-electron chi connectivity index (χ0n) is 11.5. The number of amides is 1. The summed E-state index contributed by atoms with van der Waals surface area (Å²) >= 11 is 0. The summed E-state index contributed by atoms with van der Waals surface area (Å²) in [6, 6.07) is 7.07. The molecule has 6 nitrogen and oxygen atoms in total. The van der Waals surface area contributed by atoms with Gasteiger partial charge in [0.2, 0.25) is 5.91 Å². The summed E-state index contributed by atoms with van der Waals surface area (Å²) in [5, 5.41) is 11.9. The molecule has 1 heterocycles. The number of anilines is 1. The fourth-order valence-electron chi connectivity index (χ4n) is 2.22. The normalized spacial score (nSPS) is 17.5. The Morgan fingerprint density at radius 3 is 2.67 bits per heavy atom. The highest BCUT2D eigenvalue weighted by Crippen LogP contribution is 2.21. The Hall–Kier alpha value is -2.34. The Morgan fingerprint density at radius 1 is 1.33 bits per heavy atom. The van der Waals surface area contributed by atoms with Gasteiger partial charge in [-0.1, -0.05) is 12.1 Å². The molecule has 0 aromatic heterocycles. The summed E-state index contributed by atoms with van der Waals surface area (Å²) in [4.78, 5) is 23.4. The van der Waals surface area contributed by atoms with Gasteiger partial charge in [0, 0.05) is 37.8 Å². The Bertz CT molecular complexity index is 563. The van der Waals surface area contributed by atoms with E-state index >= 15 is 0 Å². The zero-order chi connectivity index (χ0) is 15.3. The molecule has 0 atom stereocenters. The quantitative estimate of drug-likeness (QED) is 0.568. The van der Waals surface area contributed by atoms with Gasteiger partial charge in [-0.15, -0.1) is 0 Å². The van der Waals surface area contributed by atoms with Crippen LogP contribution in [0.1, 0.15) is 18.4 Å². The second-order valence-electron chi connectivity index (χ2n) is 4.99. The summed E-state index contributed by atoms with van der Waals surface area (Å²) in [6.45, 7) is 0.650. The van der Waals surface area contributed by atoms with E-state index in [2.05, 4.69) is 5.32 Å². The fraction of sp³-hybridized carbons (Fsp3) is 0.333. The Labute approximate surface area is 122 Å². The predicted octanol–water partition coefficient (Wildman–Crippen LogP) is 1.03. The lowest BCUT2D eigenvalue weighted by Crippen LogP contribution is -2.57. The Balaban J connectivity index is 2.04. The summed E-state index contributed by atoms with van der Waals surface area (Å²) < 4.78 is 5.15. The van der Waals surface area contributed by atoms with Gasteiger partial charge in [0.25, 0.3) is 0 Å². The molecule has 0 radical (unpaired) electrons. The Kier molecular flexibility index (Phi) is 4.59. The van der Waals surface area contributed by atoms with Crippen LogP contribution in [0.25, 0.3) is 6.08 Å². The number of rotatable bonds is 4. The molecule has 112 valence electrons. The third kappa shape index (κ3) is 3.82. The second kappa shape index (κ2) is 6.41. The van der Waals surface area contributed by atoms with Crippen LogP contribution in [-0.2, 0) is 14.3 Å². The van der Waals surface area contributed by atoms with Crippen molar-refractivity contribution in [1.82, 2.24) is 5.32 Å². The third-order valence-electron chi connectivity index (χ3n) is 3.46. The topological polar surface area (TPSA) is 102 Å². The molecule has 1 fully saturated rings. The molecule has 1 aliphatic heterocycles. The highest BCUT2D eigenvalue weighted by molar-refractivity contribution is 5.95. The molecule has 4 N–H and O–H groups in total. The number of carboxylic acid groups (broad SMARTS) is 1. The highest BCUT2D eigenvalue weighted by Gasteiger charge is 2.41. The number of ether oxygens (including phenoxy) is 1. The van der Waals surface area contributed by atoms with Gasteiger partial charge in [-0.05, 0) is 23.8 Å². The van der Waals surface area contributed by atoms with Crippen LogP contribution in [0, 0.1) is 0 Å². The lowest BCUT2D eigenvalue weighted by molar-refractivity contribution is -0.151. The van der Waals surface area contributed by atoms with E-state index in [0.29, 0.717) is 18.9 Å².